The lowest BCUT2D eigenvalue weighted by Crippen LogP contribution is -2.57. The highest BCUT2D eigenvalue weighted by Gasteiger charge is 2.42. The van der Waals surface area contributed by atoms with Crippen molar-refractivity contribution < 1.29 is 19.4 Å². The lowest BCUT2D eigenvalue weighted by Gasteiger charge is -2.42. The molecule has 3 atom stereocenters. The summed E-state index contributed by atoms with van der Waals surface area (Å²) in [6.07, 6.45) is 1.03. The first-order chi connectivity index (χ1) is 9.54. The molecule has 0 aromatic carbocycles. The zero-order valence-electron chi connectivity index (χ0n) is 12.2. The molecule has 0 aromatic heterocycles. The van der Waals surface area contributed by atoms with E-state index in [0.29, 0.717) is 26.3 Å². The van der Waals surface area contributed by atoms with E-state index in [1.54, 1.807) is 11.8 Å². The Morgan fingerprint density at radius 2 is 2.10 bits per heavy atom. The van der Waals surface area contributed by atoms with Gasteiger partial charge in [0.15, 0.2) is 0 Å². The standard InChI is InChI=1S/C14H24N2O4/c1-3-4-15-12-8-20-7-11(12)13(17)16-5-10(6-16)9(2)14(18)19/h9-12,15H,3-8H2,1-2H3,(H,18,19). The van der Waals surface area contributed by atoms with Gasteiger partial charge in [0.25, 0.3) is 0 Å². The van der Waals surface area contributed by atoms with Crippen LogP contribution < -0.4 is 5.32 Å². The van der Waals surface area contributed by atoms with E-state index in [1.165, 1.54) is 0 Å². The van der Waals surface area contributed by atoms with E-state index in [1.807, 2.05) is 0 Å². The number of likely N-dealkylation sites (tertiary alicyclic amines) is 1. The minimum atomic E-state index is -0.784. The summed E-state index contributed by atoms with van der Waals surface area (Å²) < 4.78 is 5.42. The SMILES string of the molecule is CCCNC1COCC1C(=O)N1CC(C(C)C(=O)O)C1. The molecule has 6 heteroatoms. The van der Waals surface area contributed by atoms with Crippen molar-refractivity contribution in [1.29, 1.82) is 0 Å². The summed E-state index contributed by atoms with van der Waals surface area (Å²) in [5, 5.41) is 12.3. The van der Waals surface area contributed by atoms with Crippen molar-refractivity contribution in [2.45, 2.75) is 26.3 Å². The van der Waals surface area contributed by atoms with Crippen LogP contribution in [0.4, 0.5) is 0 Å². The lowest BCUT2D eigenvalue weighted by atomic mass is 9.85. The summed E-state index contributed by atoms with van der Waals surface area (Å²) in [4.78, 5) is 25.1. The predicted octanol–water partition coefficient (Wildman–Crippen LogP) is 0.180. The van der Waals surface area contributed by atoms with Crippen LogP contribution in [0.15, 0.2) is 0 Å². The quantitative estimate of drug-likeness (QED) is 0.727. The first-order valence-corrected chi connectivity index (χ1v) is 7.37. The van der Waals surface area contributed by atoms with Gasteiger partial charge in [-0.2, -0.15) is 0 Å². The van der Waals surface area contributed by atoms with Gasteiger partial charge >= 0.3 is 5.97 Å². The highest BCUT2D eigenvalue weighted by atomic mass is 16.5. The molecular formula is C14H24N2O4. The Morgan fingerprint density at radius 1 is 1.40 bits per heavy atom. The van der Waals surface area contributed by atoms with Crippen molar-refractivity contribution in [3.05, 3.63) is 0 Å². The molecule has 20 heavy (non-hydrogen) atoms. The number of ether oxygens (including phenoxy) is 1. The van der Waals surface area contributed by atoms with Crippen LogP contribution in [0.25, 0.3) is 0 Å². The van der Waals surface area contributed by atoms with Gasteiger partial charge < -0.3 is 20.1 Å². The Hall–Kier alpha value is -1.14. The van der Waals surface area contributed by atoms with Crippen LogP contribution in [0.1, 0.15) is 20.3 Å². The number of amides is 1. The minimum absolute atomic E-state index is 0.0841. The normalized spacial score (nSPS) is 28.2. The number of hydrogen-bond acceptors (Lipinski definition) is 4. The lowest BCUT2D eigenvalue weighted by molar-refractivity contribution is -0.152. The third-order valence-electron chi connectivity index (χ3n) is 4.37. The maximum Gasteiger partial charge on any atom is 0.306 e. The molecule has 0 aliphatic carbocycles. The largest absolute Gasteiger partial charge is 0.481 e. The molecule has 0 saturated carbocycles. The fourth-order valence-corrected chi connectivity index (χ4v) is 2.77. The van der Waals surface area contributed by atoms with E-state index < -0.39 is 5.97 Å². The molecule has 114 valence electrons. The number of nitrogens with zero attached hydrogens (tertiary/aromatic N) is 1. The predicted molar refractivity (Wildman–Crippen MR) is 73.3 cm³/mol. The second kappa shape index (κ2) is 6.54. The summed E-state index contributed by atoms with van der Waals surface area (Å²) in [5.74, 6) is -1.10. The van der Waals surface area contributed by atoms with Crippen LogP contribution in [0.5, 0.6) is 0 Å². The fraction of sp³-hybridized carbons (Fsp3) is 0.857. The van der Waals surface area contributed by atoms with Crippen LogP contribution in [-0.4, -0.2) is 60.8 Å². The van der Waals surface area contributed by atoms with Gasteiger partial charge in [0, 0.05) is 25.0 Å². The Morgan fingerprint density at radius 3 is 2.70 bits per heavy atom. The molecule has 3 unspecified atom stereocenters. The number of carbonyl (C=O) groups is 2. The molecule has 0 spiro atoms. The van der Waals surface area contributed by atoms with Gasteiger partial charge in [-0.15, -0.1) is 0 Å². The number of rotatable bonds is 6. The number of carboxylic acids is 1. The molecule has 2 fully saturated rings. The summed E-state index contributed by atoms with van der Waals surface area (Å²) in [6, 6.07) is 0.0957. The van der Waals surface area contributed by atoms with Gasteiger partial charge in [-0.25, -0.2) is 0 Å². The van der Waals surface area contributed by atoms with Crippen molar-refractivity contribution in [2.24, 2.45) is 17.8 Å². The van der Waals surface area contributed by atoms with E-state index in [4.69, 9.17) is 9.84 Å². The van der Waals surface area contributed by atoms with Gasteiger partial charge in [-0.3, -0.25) is 9.59 Å². The second-order valence-corrected chi connectivity index (χ2v) is 5.83. The third-order valence-corrected chi connectivity index (χ3v) is 4.37. The molecule has 2 heterocycles. The van der Waals surface area contributed by atoms with Crippen LogP contribution in [0.2, 0.25) is 0 Å². The number of hydrogen-bond donors (Lipinski definition) is 2. The zero-order valence-corrected chi connectivity index (χ0v) is 12.2. The molecule has 1 amide bonds. The molecule has 2 N–H and O–H groups in total. The molecule has 2 aliphatic rings. The van der Waals surface area contributed by atoms with Gasteiger partial charge in [0.2, 0.25) is 5.91 Å². The molecule has 2 aliphatic heterocycles. The number of carboxylic acid groups (broad SMARTS) is 1. The molecule has 0 bridgehead atoms. The molecule has 2 rings (SSSR count). The van der Waals surface area contributed by atoms with Crippen molar-refractivity contribution in [2.75, 3.05) is 32.8 Å². The van der Waals surface area contributed by atoms with Crippen LogP contribution in [0, 0.1) is 17.8 Å². The molecule has 6 nitrogen and oxygen atoms in total. The van der Waals surface area contributed by atoms with E-state index >= 15 is 0 Å². The van der Waals surface area contributed by atoms with Crippen molar-refractivity contribution in [3.63, 3.8) is 0 Å². The van der Waals surface area contributed by atoms with Crippen LogP contribution in [0.3, 0.4) is 0 Å². The Labute approximate surface area is 119 Å². The van der Waals surface area contributed by atoms with Gasteiger partial charge in [0.1, 0.15) is 0 Å². The van der Waals surface area contributed by atoms with Gasteiger partial charge in [-0.1, -0.05) is 13.8 Å². The average molecular weight is 284 g/mol. The maximum atomic E-state index is 12.4. The smallest absolute Gasteiger partial charge is 0.306 e. The third kappa shape index (κ3) is 3.12. The number of nitrogens with one attached hydrogen (secondary N) is 1. The molecule has 0 radical (unpaired) electrons. The molecule has 0 aromatic rings. The topological polar surface area (TPSA) is 78.9 Å². The van der Waals surface area contributed by atoms with Gasteiger partial charge in [0.05, 0.1) is 25.0 Å². The maximum absolute atomic E-state index is 12.4. The van der Waals surface area contributed by atoms with Crippen LogP contribution >= 0.6 is 0 Å². The number of carbonyl (C=O) groups excluding carboxylic acids is 1. The zero-order chi connectivity index (χ0) is 14.7. The van der Waals surface area contributed by atoms with E-state index in [0.717, 1.165) is 13.0 Å². The molecular weight excluding hydrogens is 260 g/mol. The average Bonchev–Trinajstić information content (AvgIpc) is 2.82. The van der Waals surface area contributed by atoms with E-state index in [-0.39, 0.29) is 29.7 Å². The fourth-order valence-electron chi connectivity index (χ4n) is 2.77. The monoisotopic (exact) mass is 284 g/mol. The highest BCUT2D eigenvalue weighted by Crippen LogP contribution is 2.27. The van der Waals surface area contributed by atoms with E-state index in [2.05, 4.69) is 12.2 Å². The summed E-state index contributed by atoms with van der Waals surface area (Å²) in [5.41, 5.74) is 0. The first-order valence-electron chi connectivity index (χ1n) is 7.37. The van der Waals surface area contributed by atoms with Crippen molar-refractivity contribution >= 4 is 11.9 Å². The summed E-state index contributed by atoms with van der Waals surface area (Å²) in [6.45, 7) is 6.85. The first kappa shape index (κ1) is 15.3. The Kier molecular flexibility index (Phi) is 4.99. The van der Waals surface area contributed by atoms with Crippen LogP contribution in [-0.2, 0) is 14.3 Å². The Balaban J connectivity index is 1.82. The van der Waals surface area contributed by atoms with E-state index in [9.17, 15) is 9.59 Å². The van der Waals surface area contributed by atoms with Gasteiger partial charge in [-0.05, 0) is 13.0 Å². The summed E-state index contributed by atoms with van der Waals surface area (Å²) >= 11 is 0. The molecule has 2 saturated heterocycles. The Bertz CT molecular complexity index is 368. The summed E-state index contributed by atoms with van der Waals surface area (Å²) in [7, 11) is 0. The van der Waals surface area contributed by atoms with Crippen molar-refractivity contribution in [1.82, 2.24) is 10.2 Å². The van der Waals surface area contributed by atoms with Crippen molar-refractivity contribution in [3.8, 4) is 0 Å². The highest BCUT2D eigenvalue weighted by molar-refractivity contribution is 5.81. The second-order valence-electron chi connectivity index (χ2n) is 5.83. The number of aliphatic carboxylic acids is 1. The minimum Gasteiger partial charge on any atom is -0.481 e.